The third-order valence-corrected chi connectivity index (χ3v) is 6.36. The summed E-state index contributed by atoms with van der Waals surface area (Å²) in [4.78, 5) is 12.4. The number of hydrogen-bond acceptors (Lipinski definition) is 5. The van der Waals surface area contributed by atoms with Crippen LogP contribution >= 0.6 is 0 Å². The van der Waals surface area contributed by atoms with E-state index >= 15 is 0 Å². The molecule has 0 saturated carbocycles. The minimum absolute atomic E-state index is 0.133. The topological polar surface area (TPSA) is 96.3 Å². The number of aromatic nitrogens is 2. The van der Waals surface area contributed by atoms with Gasteiger partial charge in [0.05, 0.1) is 11.9 Å². The predicted octanol–water partition coefficient (Wildman–Crippen LogP) is 0.152. The van der Waals surface area contributed by atoms with Crippen LogP contribution in [0.1, 0.15) is 26.2 Å². The number of anilines is 1. The minimum atomic E-state index is -3.23. The highest BCUT2D eigenvalue weighted by Gasteiger charge is 2.43. The summed E-state index contributed by atoms with van der Waals surface area (Å²) in [6.45, 7) is 2.52. The fourth-order valence-electron chi connectivity index (χ4n) is 2.92. The van der Waals surface area contributed by atoms with Gasteiger partial charge in [0.1, 0.15) is 11.4 Å². The largest absolute Gasteiger partial charge is 0.357 e. The van der Waals surface area contributed by atoms with Crippen molar-refractivity contribution >= 4 is 21.7 Å². The molecule has 2 heterocycles. The molecule has 130 valence electrons. The molecule has 9 heteroatoms. The minimum Gasteiger partial charge on any atom is -0.357 e. The Hall–Kier alpha value is -1.61. The van der Waals surface area contributed by atoms with Crippen molar-refractivity contribution in [3.63, 3.8) is 0 Å². The Morgan fingerprint density at radius 1 is 1.39 bits per heavy atom. The quantitative estimate of drug-likeness (QED) is 0.767. The van der Waals surface area contributed by atoms with Gasteiger partial charge in [0.2, 0.25) is 15.9 Å². The summed E-state index contributed by atoms with van der Waals surface area (Å²) in [5, 5.41) is 10.0. The number of likely N-dealkylation sites (N-methyl/N-ethyl adjacent to an activating group) is 1. The second kappa shape index (κ2) is 6.88. The van der Waals surface area contributed by atoms with E-state index in [9.17, 15) is 13.2 Å². The van der Waals surface area contributed by atoms with Crippen molar-refractivity contribution < 1.29 is 13.2 Å². The molecule has 8 nitrogen and oxygen atoms in total. The Kier molecular flexibility index (Phi) is 5.30. The zero-order valence-corrected chi connectivity index (χ0v) is 14.7. The van der Waals surface area contributed by atoms with Gasteiger partial charge < -0.3 is 10.6 Å². The Labute approximate surface area is 137 Å². The summed E-state index contributed by atoms with van der Waals surface area (Å²) >= 11 is 0. The summed E-state index contributed by atoms with van der Waals surface area (Å²) in [5.41, 5.74) is -0.819. The molecule has 0 radical (unpaired) electrons. The zero-order chi connectivity index (χ0) is 17.1. The number of sulfonamides is 1. The van der Waals surface area contributed by atoms with Crippen LogP contribution in [-0.2, 0) is 21.9 Å². The van der Waals surface area contributed by atoms with Crippen LogP contribution in [0, 0.1) is 0 Å². The van der Waals surface area contributed by atoms with E-state index in [2.05, 4.69) is 15.7 Å². The standard InChI is InChI=1S/C14H25N5O3S/c1-4-11-23(21,22)19-9-6-14(7-10-19,13(20)15-2)17-12-5-8-16-18(12)3/h5,8,17H,4,6-7,9-11H2,1-3H3,(H,15,20). The molecule has 1 saturated heterocycles. The van der Waals surface area contributed by atoms with Crippen molar-refractivity contribution in [2.75, 3.05) is 31.2 Å². The fraction of sp³-hybridized carbons (Fsp3) is 0.714. The molecule has 0 aromatic carbocycles. The van der Waals surface area contributed by atoms with Gasteiger partial charge in [-0.05, 0) is 19.3 Å². The molecule has 1 fully saturated rings. The lowest BCUT2D eigenvalue weighted by molar-refractivity contribution is -0.126. The van der Waals surface area contributed by atoms with Crippen LogP contribution in [-0.4, -0.2) is 59.8 Å². The number of amides is 1. The van der Waals surface area contributed by atoms with E-state index in [0.717, 1.165) is 5.82 Å². The number of nitrogens with one attached hydrogen (secondary N) is 2. The molecule has 0 bridgehead atoms. The van der Waals surface area contributed by atoms with Gasteiger partial charge in [-0.2, -0.15) is 5.10 Å². The monoisotopic (exact) mass is 343 g/mol. The van der Waals surface area contributed by atoms with Crippen molar-refractivity contribution in [2.45, 2.75) is 31.7 Å². The van der Waals surface area contributed by atoms with Crippen LogP contribution in [0.15, 0.2) is 12.3 Å². The maximum absolute atomic E-state index is 12.4. The average molecular weight is 343 g/mol. The molecule has 23 heavy (non-hydrogen) atoms. The Bertz CT molecular complexity index is 647. The SMILES string of the molecule is CCCS(=O)(=O)N1CCC(Nc2ccnn2C)(C(=O)NC)CC1. The van der Waals surface area contributed by atoms with Crippen LogP contribution in [0.2, 0.25) is 0 Å². The molecule has 1 aromatic heterocycles. The summed E-state index contributed by atoms with van der Waals surface area (Å²) in [5.74, 6) is 0.750. The first-order valence-electron chi connectivity index (χ1n) is 7.81. The maximum Gasteiger partial charge on any atom is 0.245 e. The molecule has 0 aliphatic carbocycles. The van der Waals surface area contributed by atoms with E-state index in [-0.39, 0.29) is 11.7 Å². The molecule has 1 aromatic rings. The fourth-order valence-corrected chi connectivity index (χ4v) is 4.44. The van der Waals surface area contributed by atoms with Gasteiger partial charge in [-0.3, -0.25) is 9.48 Å². The number of rotatable bonds is 6. The summed E-state index contributed by atoms with van der Waals surface area (Å²) < 4.78 is 27.5. The maximum atomic E-state index is 12.4. The number of nitrogens with zero attached hydrogens (tertiary/aromatic N) is 3. The smallest absolute Gasteiger partial charge is 0.245 e. The van der Waals surface area contributed by atoms with Crippen molar-refractivity contribution in [1.29, 1.82) is 0 Å². The van der Waals surface area contributed by atoms with Crippen LogP contribution in [0.4, 0.5) is 5.82 Å². The predicted molar refractivity (Wildman–Crippen MR) is 88.5 cm³/mol. The first-order chi connectivity index (χ1) is 10.8. The van der Waals surface area contributed by atoms with Crippen LogP contribution in [0.25, 0.3) is 0 Å². The molecule has 0 unspecified atom stereocenters. The van der Waals surface area contributed by atoms with Crippen LogP contribution < -0.4 is 10.6 Å². The molecule has 0 atom stereocenters. The Morgan fingerprint density at radius 2 is 2.04 bits per heavy atom. The number of hydrogen-bond donors (Lipinski definition) is 2. The molecular formula is C14H25N5O3S. The highest BCUT2D eigenvalue weighted by Crippen LogP contribution is 2.28. The van der Waals surface area contributed by atoms with Crippen molar-refractivity contribution in [3.05, 3.63) is 12.3 Å². The first kappa shape index (κ1) is 17.7. The van der Waals surface area contributed by atoms with E-state index in [1.807, 2.05) is 6.92 Å². The third-order valence-electron chi connectivity index (χ3n) is 4.28. The van der Waals surface area contributed by atoms with E-state index < -0.39 is 15.6 Å². The molecule has 0 spiro atoms. The van der Waals surface area contributed by atoms with Gasteiger partial charge in [-0.25, -0.2) is 12.7 Å². The van der Waals surface area contributed by atoms with E-state index in [4.69, 9.17) is 0 Å². The van der Waals surface area contributed by atoms with Crippen LogP contribution in [0.5, 0.6) is 0 Å². The Balaban J connectivity index is 2.17. The molecule has 2 rings (SSSR count). The molecular weight excluding hydrogens is 318 g/mol. The lowest BCUT2D eigenvalue weighted by Crippen LogP contribution is -2.58. The van der Waals surface area contributed by atoms with Gasteiger partial charge >= 0.3 is 0 Å². The van der Waals surface area contributed by atoms with Gasteiger partial charge in [-0.15, -0.1) is 0 Å². The van der Waals surface area contributed by atoms with Crippen molar-refractivity contribution in [2.24, 2.45) is 7.05 Å². The van der Waals surface area contributed by atoms with Gasteiger partial charge in [0.15, 0.2) is 0 Å². The van der Waals surface area contributed by atoms with Gasteiger partial charge in [-0.1, -0.05) is 6.92 Å². The average Bonchev–Trinajstić information content (AvgIpc) is 2.92. The highest BCUT2D eigenvalue weighted by molar-refractivity contribution is 7.89. The van der Waals surface area contributed by atoms with E-state index in [0.29, 0.717) is 32.4 Å². The van der Waals surface area contributed by atoms with Crippen molar-refractivity contribution in [1.82, 2.24) is 19.4 Å². The highest BCUT2D eigenvalue weighted by atomic mass is 32.2. The molecule has 2 N–H and O–H groups in total. The van der Waals surface area contributed by atoms with Crippen molar-refractivity contribution in [3.8, 4) is 0 Å². The zero-order valence-electron chi connectivity index (χ0n) is 13.9. The third kappa shape index (κ3) is 3.66. The number of aryl methyl sites for hydroxylation is 1. The second-order valence-electron chi connectivity index (χ2n) is 5.84. The molecule has 1 amide bonds. The van der Waals surface area contributed by atoms with E-state index in [1.165, 1.54) is 4.31 Å². The lowest BCUT2D eigenvalue weighted by Gasteiger charge is -2.40. The molecule has 1 aliphatic heterocycles. The van der Waals surface area contributed by atoms with Gasteiger partial charge in [0, 0.05) is 33.3 Å². The molecule has 1 aliphatic rings. The van der Waals surface area contributed by atoms with Crippen LogP contribution in [0.3, 0.4) is 0 Å². The summed E-state index contributed by atoms with van der Waals surface area (Å²) in [6.07, 6.45) is 3.08. The first-order valence-corrected chi connectivity index (χ1v) is 9.42. The van der Waals surface area contributed by atoms with E-state index in [1.54, 1.807) is 31.0 Å². The van der Waals surface area contributed by atoms with Gasteiger partial charge in [0.25, 0.3) is 0 Å². The summed E-state index contributed by atoms with van der Waals surface area (Å²) in [7, 11) is 0.155. The number of carbonyl (C=O) groups is 1. The Morgan fingerprint density at radius 3 is 2.52 bits per heavy atom. The summed E-state index contributed by atoms with van der Waals surface area (Å²) in [6, 6.07) is 1.80. The second-order valence-corrected chi connectivity index (χ2v) is 7.93. The number of carbonyl (C=O) groups excluding carboxylic acids is 1. The normalized spacial score (nSPS) is 18.6. The number of piperidine rings is 1. The lowest BCUT2D eigenvalue weighted by atomic mass is 9.87.